The van der Waals surface area contributed by atoms with Crippen LogP contribution in [0, 0.1) is 0 Å². The molecular formula is C32H42N2+2. The summed E-state index contributed by atoms with van der Waals surface area (Å²) in [5.74, 6) is 0. The lowest BCUT2D eigenvalue weighted by atomic mass is 9.75. The minimum atomic E-state index is 0.0656. The van der Waals surface area contributed by atoms with Crippen LogP contribution in [0.1, 0.15) is 102 Å². The first-order valence-corrected chi connectivity index (χ1v) is 13.7. The third-order valence-corrected chi connectivity index (χ3v) is 9.11. The van der Waals surface area contributed by atoms with E-state index in [1.54, 1.807) is 0 Å². The summed E-state index contributed by atoms with van der Waals surface area (Å²) in [4.78, 5) is 0. The molecule has 178 valence electrons. The zero-order chi connectivity index (χ0) is 24.1. The molecule has 0 amide bonds. The summed E-state index contributed by atoms with van der Waals surface area (Å²) in [6.07, 6.45) is 16.7. The quantitative estimate of drug-likeness (QED) is 0.317. The fourth-order valence-electron chi connectivity index (χ4n) is 6.40. The molecule has 2 atom stereocenters. The number of nitrogens with zero attached hydrogens (tertiary/aromatic N) is 2. The Morgan fingerprint density at radius 1 is 0.588 bits per heavy atom. The van der Waals surface area contributed by atoms with Crippen LogP contribution in [0.3, 0.4) is 0 Å². The molecule has 0 aliphatic heterocycles. The highest BCUT2D eigenvalue weighted by Gasteiger charge is 2.45. The minimum Gasteiger partial charge on any atom is -0.205 e. The summed E-state index contributed by atoms with van der Waals surface area (Å²) >= 11 is 0. The highest BCUT2D eigenvalue weighted by atomic mass is 14.9. The highest BCUT2D eigenvalue weighted by Crippen LogP contribution is 2.57. The van der Waals surface area contributed by atoms with E-state index in [-0.39, 0.29) is 10.8 Å². The molecular weight excluding hydrogens is 412 g/mol. The van der Waals surface area contributed by atoms with Crippen molar-refractivity contribution in [3.8, 4) is 22.3 Å². The SMILES string of the molecule is CCCC[n+]1ccc2c(c1)C(C)(CC)c1cc3c(cc1-2)C(C)(CC)c1c[n+](CCCC)ccc1-3. The van der Waals surface area contributed by atoms with Crippen LogP contribution < -0.4 is 9.13 Å². The van der Waals surface area contributed by atoms with Crippen molar-refractivity contribution >= 4 is 0 Å². The third-order valence-electron chi connectivity index (χ3n) is 9.11. The first kappa shape index (κ1) is 23.3. The predicted molar refractivity (Wildman–Crippen MR) is 141 cm³/mol. The molecule has 0 fully saturated rings. The Bertz CT molecular complexity index is 1140. The average molecular weight is 455 g/mol. The standard InChI is InChI=1S/C32H42N2/c1-7-11-15-33-17-13-23-25-19-28-26(20-27(25)31(5,9-3)29(23)21-33)24-14-18-34(16-12-8-2)22-30(24)32(28,6)10-4/h13-14,17-22H,7-12,15-16H2,1-6H3/q+2. The van der Waals surface area contributed by atoms with E-state index in [1.165, 1.54) is 70.2 Å². The van der Waals surface area contributed by atoms with Gasteiger partial charge in [-0.2, -0.15) is 0 Å². The van der Waals surface area contributed by atoms with Gasteiger partial charge in [0.05, 0.1) is 0 Å². The highest BCUT2D eigenvalue weighted by molar-refractivity contribution is 5.89. The summed E-state index contributed by atoms with van der Waals surface area (Å²) < 4.78 is 4.83. The molecule has 0 N–H and O–H groups in total. The number of unbranched alkanes of at least 4 members (excludes halogenated alkanes) is 2. The molecule has 0 saturated carbocycles. The predicted octanol–water partition coefficient (Wildman–Crippen LogP) is 7.25. The van der Waals surface area contributed by atoms with Crippen LogP contribution in [0.4, 0.5) is 0 Å². The Kier molecular flexibility index (Phi) is 5.91. The summed E-state index contributed by atoms with van der Waals surface area (Å²) in [5, 5.41) is 0. The first-order chi connectivity index (χ1) is 16.4. The van der Waals surface area contributed by atoms with Crippen molar-refractivity contribution in [2.24, 2.45) is 0 Å². The van der Waals surface area contributed by atoms with Crippen molar-refractivity contribution in [2.75, 3.05) is 0 Å². The van der Waals surface area contributed by atoms with Gasteiger partial charge in [0.25, 0.3) is 0 Å². The topological polar surface area (TPSA) is 7.76 Å². The second kappa shape index (κ2) is 8.63. The smallest absolute Gasteiger partial charge is 0.173 e. The monoisotopic (exact) mass is 454 g/mol. The molecule has 2 aliphatic rings. The van der Waals surface area contributed by atoms with E-state index in [1.807, 2.05) is 0 Å². The molecule has 2 aliphatic carbocycles. The van der Waals surface area contributed by atoms with Gasteiger partial charge in [0.2, 0.25) is 0 Å². The van der Waals surface area contributed by atoms with E-state index in [9.17, 15) is 0 Å². The minimum absolute atomic E-state index is 0.0656. The molecule has 2 unspecified atom stereocenters. The molecule has 0 radical (unpaired) electrons. The number of pyridine rings is 2. The van der Waals surface area contributed by atoms with Gasteiger partial charge in [-0.05, 0) is 58.4 Å². The number of aryl methyl sites for hydroxylation is 2. The van der Waals surface area contributed by atoms with Gasteiger partial charge in [-0.1, -0.05) is 54.4 Å². The number of benzene rings is 1. The lowest BCUT2D eigenvalue weighted by molar-refractivity contribution is -0.697. The normalized spacial score (nSPS) is 21.8. The summed E-state index contributed by atoms with van der Waals surface area (Å²) in [6, 6.07) is 9.92. The summed E-state index contributed by atoms with van der Waals surface area (Å²) in [5.41, 5.74) is 12.0. The lowest BCUT2D eigenvalue weighted by Gasteiger charge is -2.27. The van der Waals surface area contributed by atoms with Gasteiger partial charge in [-0.3, -0.25) is 0 Å². The molecule has 0 saturated heterocycles. The average Bonchev–Trinajstić information content (AvgIpc) is 3.26. The molecule has 2 nitrogen and oxygen atoms in total. The molecule has 3 aromatic rings. The summed E-state index contributed by atoms with van der Waals surface area (Å²) in [7, 11) is 0. The van der Waals surface area contributed by atoms with Crippen molar-refractivity contribution in [2.45, 2.75) is 104 Å². The van der Waals surface area contributed by atoms with Crippen LogP contribution in [-0.2, 0) is 23.9 Å². The van der Waals surface area contributed by atoms with E-state index < -0.39 is 0 Å². The lowest BCUT2D eigenvalue weighted by Crippen LogP contribution is -2.35. The number of rotatable bonds is 8. The Morgan fingerprint density at radius 2 is 1.00 bits per heavy atom. The molecule has 5 rings (SSSR count). The van der Waals surface area contributed by atoms with E-state index in [2.05, 4.69) is 99.7 Å². The second-order valence-corrected chi connectivity index (χ2v) is 11.0. The van der Waals surface area contributed by atoms with E-state index >= 15 is 0 Å². The Hall–Kier alpha value is -2.48. The van der Waals surface area contributed by atoms with Crippen molar-refractivity contribution in [1.82, 2.24) is 0 Å². The molecule has 34 heavy (non-hydrogen) atoms. The van der Waals surface area contributed by atoms with Crippen molar-refractivity contribution < 1.29 is 9.13 Å². The van der Waals surface area contributed by atoms with E-state index in [0.29, 0.717) is 0 Å². The van der Waals surface area contributed by atoms with E-state index in [0.717, 1.165) is 25.9 Å². The Labute approximate surface area is 206 Å². The molecule has 0 spiro atoms. The maximum Gasteiger partial charge on any atom is 0.173 e. The van der Waals surface area contributed by atoms with Gasteiger partial charge in [0.1, 0.15) is 13.1 Å². The Balaban J connectivity index is 1.68. The zero-order valence-corrected chi connectivity index (χ0v) is 22.2. The number of hydrogen-bond donors (Lipinski definition) is 0. The van der Waals surface area contributed by atoms with Gasteiger partial charge in [0.15, 0.2) is 24.8 Å². The van der Waals surface area contributed by atoms with Crippen molar-refractivity contribution in [3.63, 3.8) is 0 Å². The van der Waals surface area contributed by atoms with Crippen molar-refractivity contribution in [3.05, 3.63) is 71.3 Å². The number of fused-ring (bicyclic) bond motifs is 6. The van der Waals surface area contributed by atoms with Gasteiger partial charge in [-0.15, -0.1) is 0 Å². The van der Waals surface area contributed by atoms with Gasteiger partial charge in [-0.25, -0.2) is 9.13 Å². The van der Waals surface area contributed by atoms with Crippen LogP contribution in [0.2, 0.25) is 0 Å². The van der Waals surface area contributed by atoms with Crippen LogP contribution in [-0.4, -0.2) is 0 Å². The van der Waals surface area contributed by atoms with Gasteiger partial charge in [0, 0.05) is 46.9 Å². The third kappa shape index (κ3) is 3.28. The van der Waals surface area contributed by atoms with Crippen LogP contribution in [0.25, 0.3) is 22.3 Å². The van der Waals surface area contributed by atoms with Crippen LogP contribution >= 0.6 is 0 Å². The largest absolute Gasteiger partial charge is 0.205 e. The van der Waals surface area contributed by atoms with Crippen LogP contribution in [0.15, 0.2) is 49.1 Å². The van der Waals surface area contributed by atoms with Crippen LogP contribution in [0.5, 0.6) is 0 Å². The van der Waals surface area contributed by atoms with E-state index in [4.69, 9.17) is 0 Å². The molecule has 0 bridgehead atoms. The zero-order valence-electron chi connectivity index (χ0n) is 22.2. The van der Waals surface area contributed by atoms with Gasteiger partial charge >= 0.3 is 0 Å². The Morgan fingerprint density at radius 3 is 1.35 bits per heavy atom. The summed E-state index contributed by atoms with van der Waals surface area (Å²) in [6.45, 7) is 16.4. The maximum atomic E-state index is 2.57. The maximum absolute atomic E-state index is 2.57. The number of aromatic nitrogens is 2. The number of hydrogen-bond acceptors (Lipinski definition) is 0. The van der Waals surface area contributed by atoms with Gasteiger partial charge < -0.3 is 0 Å². The molecule has 1 aromatic carbocycles. The second-order valence-electron chi connectivity index (χ2n) is 11.0. The van der Waals surface area contributed by atoms with Crippen molar-refractivity contribution in [1.29, 1.82) is 0 Å². The fourth-order valence-corrected chi connectivity index (χ4v) is 6.40. The molecule has 2 heteroatoms. The molecule has 2 heterocycles. The first-order valence-electron chi connectivity index (χ1n) is 13.7. The fraction of sp³-hybridized carbons (Fsp3) is 0.500. The molecule has 2 aromatic heterocycles.